The zero-order valence-electron chi connectivity index (χ0n) is 10.4. The van der Waals surface area contributed by atoms with Gasteiger partial charge in [-0.25, -0.2) is 0 Å². The van der Waals surface area contributed by atoms with Crippen molar-refractivity contribution >= 4 is 0 Å². The van der Waals surface area contributed by atoms with E-state index in [0.717, 1.165) is 12.0 Å². The van der Waals surface area contributed by atoms with Gasteiger partial charge in [0.15, 0.2) is 0 Å². The van der Waals surface area contributed by atoms with Crippen molar-refractivity contribution in [1.82, 2.24) is 5.32 Å². The van der Waals surface area contributed by atoms with Gasteiger partial charge in [0.05, 0.1) is 0 Å². The quantitative estimate of drug-likeness (QED) is 0.657. The minimum Gasteiger partial charge on any atom is -0.313 e. The third kappa shape index (κ3) is 2.98. The predicted octanol–water partition coefficient (Wildman–Crippen LogP) is 3.59. The Morgan fingerprint density at radius 3 is 2.21 bits per heavy atom. The second-order valence-corrected chi connectivity index (χ2v) is 5.29. The molecule has 0 aromatic heterocycles. The van der Waals surface area contributed by atoms with E-state index in [-0.39, 0.29) is 0 Å². The molecule has 0 aliphatic heterocycles. The van der Waals surface area contributed by atoms with Crippen molar-refractivity contribution in [3.63, 3.8) is 0 Å². The van der Waals surface area contributed by atoms with E-state index in [1.807, 2.05) is 0 Å². The maximum absolute atomic E-state index is 3.75. The summed E-state index contributed by atoms with van der Waals surface area (Å²) in [5, 5.41) is 3.75. The lowest BCUT2D eigenvalue weighted by Crippen LogP contribution is -2.35. The molecule has 1 aliphatic carbocycles. The van der Waals surface area contributed by atoms with Gasteiger partial charge in [0.2, 0.25) is 0 Å². The molecular formula is C13H27N. The Morgan fingerprint density at radius 2 is 1.86 bits per heavy atom. The van der Waals surface area contributed by atoms with Crippen molar-refractivity contribution in [3.8, 4) is 0 Å². The van der Waals surface area contributed by atoms with E-state index in [0.29, 0.717) is 5.41 Å². The molecule has 1 atom stereocenters. The highest BCUT2D eigenvalue weighted by atomic mass is 14.9. The van der Waals surface area contributed by atoms with Crippen LogP contribution in [0.4, 0.5) is 0 Å². The first-order chi connectivity index (χ1) is 6.64. The van der Waals surface area contributed by atoms with Gasteiger partial charge in [-0.15, -0.1) is 0 Å². The van der Waals surface area contributed by atoms with Crippen molar-refractivity contribution in [2.45, 2.75) is 65.8 Å². The molecule has 84 valence electrons. The first kappa shape index (κ1) is 12.0. The number of hydrogen-bond acceptors (Lipinski definition) is 1. The molecule has 0 radical (unpaired) electrons. The summed E-state index contributed by atoms with van der Waals surface area (Å²) in [4.78, 5) is 0. The lowest BCUT2D eigenvalue weighted by molar-refractivity contribution is 0.311. The number of hydrogen-bond donors (Lipinski definition) is 1. The van der Waals surface area contributed by atoms with Crippen molar-refractivity contribution in [3.05, 3.63) is 0 Å². The Kier molecular flexibility index (Phi) is 4.43. The summed E-state index contributed by atoms with van der Waals surface area (Å²) in [7, 11) is 0. The largest absolute Gasteiger partial charge is 0.313 e. The lowest BCUT2D eigenvalue weighted by Gasteiger charge is -2.24. The second kappa shape index (κ2) is 5.16. The molecule has 1 nitrogen and oxygen atoms in total. The van der Waals surface area contributed by atoms with Crippen LogP contribution in [-0.4, -0.2) is 12.6 Å². The minimum absolute atomic E-state index is 0.668. The molecule has 1 fully saturated rings. The van der Waals surface area contributed by atoms with E-state index < -0.39 is 0 Å². The maximum atomic E-state index is 3.75. The van der Waals surface area contributed by atoms with Crippen molar-refractivity contribution in [2.24, 2.45) is 11.3 Å². The number of rotatable bonds is 7. The van der Waals surface area contributed by atoms with Gasteiger partial charge < -0.3 is 5.32 Å². The topological polar surface area (TPSA) is 12.0 Å². The van der Waals surface area contributed by atoms with Gasteiger partial charge in [-0.2, -0.15) is 0 Å². The molecule has 0 saturated heterocycles. The fourth-order valence-corrected chi connectivity index (χ4v) is 2.27. The highest BCUT2D eigenvalue weighted by molar-refractivity contribution is 4.97. The van der Waals surface area contributed by atoms with Gasteiger partial charge in [-0.05, 0) is 37.0 Å². The first-order valence-corrected chi connectivity index (χ1v) is 6.38. The summed E-state index contributed by atoms with van der Waals surface area (Å²) in [6, 6.07) is 0.760. The molecule has 1 saturated carbocycles. The van der Waals surface area contributed by atoms with Gasteiger partial charge in [-0.1, -0.05) is 34.1 Å². The van der Waals surface area contributed by atoms with Crippen LogP contribution >= 0.6 is 0 Å². The zero-order chi connectivity index (χ0) is 10.6. The van der Waals surface area contributed by atoms with Crippen molar-refractivity contribution in [2.75, 3.05) is 6.54 Å². The van der Waals surface area contributed by atoms with E-state index in [1.54, 1.807) is 0 Å². The van der Waals surface area contributed by atoms with Gasteiger partial charge in [0.1, 0.15) is 0 Å². The molecule has 0 aromatic rings. The third-order valence-electron chi connectivity index (χ3n) is 3.99. The normalized spacial score (nSPS) is 21.2. The summed E-state index contributed by atoms with van der Waals surface area (Å²) in [5.41, 5.74) is 0.668. The highest BCUT2D eigenvalue weighted by Crippen LogP contribution is 2.51. The van der Waals surface area contributed by atoms with Crippen molar-refractivity contribution < 1.29 is 0 Å². The average Bonchev–Trinajstić information content (AvgIpc) is 2.93. The SMILES string of the molecule is CCCC(CC)NCC1(C(C)C)CC1. The molecule has 0 spiro atoms. The molecule has 1 unspecified atom stereocenters. The summed E-state index contributed by atoms with van der Waals surface area (Å²) in [5.74, 6) is 0.856. The van der Waals surface area contributed by atoms with Crippen LogP contribution in [0.3, 0.4) is 0 Å². The Morgan fingerprint density at radius 1 is 1.21 bits per heavy atom. The van der Waals surface area contributed by atoms with E-state index >= 15 is 0 Å². The van der Waals surface area contributed by atoms with E-state index in [2.05, 4.69) is 33.0 Å². The van der Waals surface area contributed by atoms with Crippen LogP contribution in [0.25, 0.3) is 0 Å². The first-order valence-electron chi connectivity index (χ1n) is 6.38. The molecule has 1 N–H and O–H groups in total. The predicted molar refractivity (Wildman–Crippen MR) is 63.5 cm³/mol. The minimum atomic E-state index is 0.668. The van der Waals surface area contributed by atoms with Crippen LogP contribution in [0.2, 0.25) is 0 Å². The summed E-state index contributed by atoms with van der Waals surface area (Å²) >= 11 is 0. The Labute approximate surface area is 89.7 Å². The molecular weight excluding hydrogens is 170 g/mol. The summed E-state index contributed by atoms with van der Waals surface area (Å²) in [6.07, 6.45) is 6.81. The van der Waals surface area contributed by atoms with Crippen LogP contribution < -0.4 is 5.32 Å². The maximum Gasteiger partial charge on any atom is 0.00645 e. The third-order valence-corrected chi connectivity index (χ3v) is 3.99. The van der Waals surface area contributed by atoms with Crippen molar-refractivity contribution in [1.29, 1.82) is 0 Å². The molecule has 0 amide bonds. The van der Waals surface area contributed by atoms with Crippen LogP contribution in [0.15, 0.2) is 0 Å². The smallest absolute Gasteiger partial charge is 0.00645 e. The zero-order valence-corrected chi connectivity index (χ0v) is 10.4. The van der Waals surface area contributed by atoms with Crippen LogP contribution in [0, 0.1) is 11.3 Å². The lowest BCUT2D eigenvalue weighted by atomic mass is 9.92. The molecule has 0 bridgehead atoms. The second-order valence-electron chi connectivity index (χ2n) is 5.29. The number of nitrogens with one attached hydrogen (secondary N) is 1. The average molecular weight is 197 g/mol. The highest BCUT2D eigenvalue weighted by Gasteiger charge is 2.44. The molecule has 1 rings (SSSR count). The molecule has 0 heterocycles. The van der Waals surface area contributed by atoms with E-state index in [4.69, 9.17) is 0 Å². The van der Waals surface area contributed by atoms with Crippen LogP contribution in [-0.2, 0) is 0 Å². The fourth-order valence-electron chi connectivity index (χ4n) is 2.27. The van der Waals surface area contributed by atoms with Gasteiger partial charge in [0.25, 0.3) is 0 Å². The van der Waals surface area contributed by atoms with Gasteiger partial charge >= 0.3 is 0 Å². The Bertz CT molecular complexity index is 159. The monoisotopic (exact) mass is 197 g/mol. The van der Waals surface area contributed by atoms with Gasteiger partial charge in [-0.3, -0.25) is 0 Å². The van der Waals surface area contributed by atoms with Gasteiger partial charge in [0, 0.05) is 12.6 Å². The molecule has 0 aromatic carbocycles. The summed E-state index contributed by atoms with van der Waals surface area (Å²) in [6.45, 7) is 10.6. The van der Waals surface area contributed by atoms with E-state index in [1.165, 1.54) is 38.6 Å². The Balaban J connectivity index is 2.24. The van der Waals surface area contributed by atoms with E-state index in [9.17, 15) is 0 Å². The fraction of sp³-hybridized carbons (Fsp3) is 1.00. The summed E-state index contributed by atoms with van der Waals surface area (Å²) < 4.78 is 0. The molecule has 1 aliphatic rings. The Hall–Kier alpha value is -0.0400. The standard InChI is InChI=1S/C13H27N/c1-5-7-12(6-2)14-10-13(8-9-13)11(3)4/h11-12,14H,5-10H2,1-4H3. The molecule has 14 heavy (non-hydrogen) atoms. The van der Waals surface area contributed by atoms with Crippen LogP contribution in [0.1, 0.15) is 59.8 Å². The molecule has 1 heteroatoms. The van der Waals surface area contributed by atoms with Crippen LogP contribution in [0.5, 0.6) is 0 Å².